The molecule has 0 fully saturated rings. The molecular formula is C17H19FN4O3. The summed E-state index contributed by atoms with van der Waals surface area (Å²) in [6.07, 6.45) is 1.52. The predicted octanol–water partition coefficient (Wildman–Crippen LogP) is 3.08. The number of hydrogen-bond acceptors (Lipinski definition) is 4. The van der Waals surface area contributed by atoms with Crippen molar-refractivity contribution in [3.63, 3.8) is 0 Å². The summed E-state index contributed by atoms with van der Waals surface area (Å²) in [7, 11) is 1.35. The second-order valence-electron chi connectivity index (χ2n) is 5.35. The lowest BCUT2D eigenvalue weighted by Gasteiger charge is -2.18. The summed E-state index contributed by atoms with van der Waals surface area (Å²) < 4.78 is 13.8. The highest BCUT2D eigenvalue weighted by Gasteiger charge is 2.11. The Hall–Kier alpha value is -3.00. The molecule has 132 valence electrons. The largest absolute Gasteiger partial charge is 0.323 e. The lowest BCUT2D eigenvalue weighted by molar-refractivity contribution is -0.176. The van der Waals surface area contributed by atoms with Crippen molar-refractivity contribution in [1.29, 1.82) is 0 Å². The summed E-state index contributed by atoms with van der Waals surface area (Å²) in [6.45, 7) is 3.23. The Morgan fingerprint density at radius 3 is 2.52 bits per heavy atom. The van der Waals surface area contributed by atoms with Gasteiger partial charge in [-0.1, -0.05) is 0 Å². The smallest absolute Gasteiger partial charge is 0.308 e. The van der Waals surface area contributed by atoms with E-state index in [1.807, 2.05) is 6.92 Å². The van der Waals surface area contributed by atoms with Gasteiger partial charge >= 0.3 is 6.03 Å². The molecule has 25 heavy (non-hydrogen) atoms. The molecule has 2 aromatic rings. The van der Waals surface area contributed by atoms with Crippen molar-refractivity contribution >= 4 is 23.3 Å². The van der Waals surface area contributed by atoms with Crippen LogP contribution in [0.15, 0.2) is 36.5 Å². The van der Waals surface area contributed by atoms with Gasteiger partial charge in [0.05, 0.1) is 25.5 Å². The van der Waals surface area contributed by atoms with E-state index < -0.39 is 11.8 Å². The van der Waals surface area contributed by atoms with Crippen molar-refractivity contribution in [3.8, 4) is 0 Å². The Bertz CT molecular complexity index is 765. The zero-order chi connectivity index (χ0) is 18.4. The lowest BCUT2D eigenvalue weighted by atomic mass is 10.2. The van der Waals surface area contributed by atoms with E-state index in [-0.39, 0.29) is 18.1 Å². The Morgan fingerprint density at radius 2 is 1.92 bits per heavy atom. The SMILES string of the molecule is CON(Cc1cc(F)cc(NC(=O)Nc2ccc(C)nc2)c1)C(C)=O. The molecule has 0 aliphatic heterocycles. The highest BCUT2D eigenvalue weighted by molar-refractivity contribution is 5.99. The molecule has 0 radical (unpaired) electrons. The fourth-order valence-corrected chi connectivity index (χ4v) is 2.12. The van der Waals surface area contributed by atoms with E-state index in [0.717, 1.165) is 10.8 Å². The van der Waals surface area contributed by atoms with Crippen LogP contribution in [0.25, 0.3) is 0 Å². The predicted molar refractivity (Wildman–Crippen MR) is 91.2 cm³/mol. The van der Waals surface area contributed by atoms with Crippen LogP contribution in [0.1, 0.15) is 18.2 Å². The van der Waals surface area contributed by atoms with Crippen molar-refractivity contribution in [2.24, 2.45) is 0 Å². The van der Waals surface area contributed by atoms with Gasteiger partial charge in [-0.15, -0.1) is 0 Å². The van der Waals surface area contributed by atoms with Crippen LogP contribution >= 0.6 is 0 Å². The maximum Gasteiger partial charge on any atom is 0.323 e. The third-order valence-corrected chi connectivity index (χ3v) is 3.28. The third kappa shape index (κ3) is 5.54. The first-order valence-corrected chi connectivity index (χ1v) is 7.49. The normalized spacial score (nSPS) is 10.2. The fraction of sp³-hybridized carbons (Fsp3) is 0.235. The number of carbonyl (C=O) groups excluding carboxylic acids is 2. The van der Waals surface area contributed by atoms with Crippen LogP contribution in [0, 0.1) is 12.7 Å². The summed E-state index contributed by atoms with van der Waals surface area (Å²) in [5.41, 5.74) is 2.08. The highest BCUT2D eigenvalue weighted by atomic mass is 19.1. The summed E-state index contributed by atoms with van der Waals surface area (Å²) in [5.74, 6) is -0.852. The molecule has 7 nitrogen and oxygen atoms in total. The quantitative estimate of drug-likeness (QED) is 0.815. The first kappa shape index (κ1) is 18.3. The van der Waals surface area contributed by atoms with Crippen LogP contribution < -0.4 is 10.6 Å². The molecule has 0 spiro atoms. The standard InChI is InChI=1S/C17H19FN4O3/c1-11-4-5-15(9-19-11)20-17(24)21-16-7-13(6-14(18)8-16)10-22(25-3)12(2)23/h4-9H,10H2,1-3H3,(H2,20,21,24). The minimum Gasteiger partial charge on any atom is -0.308 e. The van der Waals surface area contributed by atoms with E-state index in [9.17, 15) is 14.0 Å². The van der Waals surface area contributed by atoms with E-state index in [1.165, 1.54) is 32.4 Å². The number of rotatable bonds is 5. The zero-order valence-corrected chi connectivity index (χ0v) is 14.2. The molecule has 2 rings (SSSR count). The number of pyridine rings is 1. The van der Waals surface area contributed by atoms with Gasteiger partial charge in [-0.05, 0) is 42.8 Å². The molecule has 1 aromatic carbocycles. The van der Waals surface area contributed by atoms with Crippen molar-refractivity contribution in [2.45, 2.75) is 20.4 Å². The first-order valence-electron chi connectivity index (χ1n) is 7.49. The van der Waals surface area contributed by atoms with Gasteiger partial charge in [0, 0.05) is 18.3 Å². The van der Waals surface area contributed by atoms with Gasteiger partial charge in [0.1, 0.15) is 5.82 Å². The van der Waals surface area contributed by atoms with Gasteiger partial charge in [0.2, 0.25) is 5.91 Å². The first-order chi connectivity index (χ1) is 11.9. The Kier molecular flexibility index (Phi) is 6.02. The Balaban J connectivity index is 2.07. The number of hydroxylamine groups is 2. The molecule has 8 heteroatoms. The number of nitrogens with one attached hydrogen (secondary N) is 2. The average Bonchev–Trinajstić information content (AvgIpc) is 2.54. The van der Waals surface area contributed by atoms with Crippen molar-refractivity contribution in [1.82, 2.24) is 10.0 Å². The van der Waals surface area contributed by atoms with Crippen molar-refractivity contribution in [2.75, 3.05) is 17.7 Å². The van der Waals surface area contributed by atoms with Gasteiger partial charge in [0.15, 0.2) is 0 Å². The second-order valence-corrected chi connectivity index (χ2v) is 5.35. The summed E-state index contributed by atoms with van der Waals surface area (Å²) >= 11 is 0. The molecule has 2 N–H and O–H groups in total. The Labute approximate surface area is 144 Å². The molecule has 1 aromatic heterocycles. The van der Waals surface area contributed by atoms with E-state index in [0.29, 0.717) is 11.3 Å². The second kappa shape index (κ2) is 8.20. The van der Waals surface area contributed by atoms with Crippen LogP contribution in [0.4, 0.5) is 20.6 Å². The molecule has 1 heterocycles. The lowest BCUT2D eigenvalue weighted by Crippen LogP contribution is -2.27. The van der Waals surface area contributed by atoms with Crippen LogP contribution in [0.2, 0.25) is 0 Å². The minimum absolute atomic E-state index is 0.0573. The van der Waals surface area contributed by atoms with Crippen molar-refractivity contribution < 1.29 is 18.8 Å². The summed E-state index contributed by atoms with van der Waals surface area (Å²) in [4.78, 5) is 32.4. The molecule has 0 saturated heterocycles. The molecular weight excluding hydrogens is 327 g/mol. The number of halogens is 1. The van der Waals surface area contributed by atoms with E-state index in [2.05, 4.69) is 15.6 Å². The zero-order valence-electron chi connectivity index (χ0n) is 14.2. The molecule has 0 unspecified atom stereocenters. The van der Waals surface area contributed by atoms with Crippen molar-refractivity contribution in [3.05, 3.63) is 53.6 Å². The highest BCUT2D eigenvalue weighted by Crippen LogP contribution is 2.17. The van der Waals surface area contributed by atoms with E-state index >= 15 is 0 Å². The van der Waals surface area contributed by atoms with Gasteiger partial charge < -0.3 is 10.6 Å². The van der Waals surface area contributed by atoms with Gasteiger partial charge in [0.25, 0.3) is 0 Å². The minimum atomic E-state index is -0.538. The number of aryl methyl sites for hydroxylation is 1. The number of anilines is 2. The molecule has 0 aliphatic carbocycles. The number of amides is 3. The molecule has 0 aliphatic rings. The van der Waals surface area contributed by atoms with Gasteiger partial charge in [-0.3, -0.25) is 14.6 Å². The monoisotopic (exact) mass is 346 g/mol. The third-order valence-electron chi connectivity index (χ3n) is 3.28. The van der Waals surface area contributed by atoms with Gasteiger partial charge in [-0.2, -0.15) is 0 Å². The number of urea groups is 1. The topological polar surface area (TPSA) is 83.6 Å². The summed E-state index contributed by atoms with van der Waals surface area (Å²) in [5, 5.41) is 6.23. The number of benzene rings is 1. The van der Waals surface area contributed by atoms with Crippen LogP contribution in [0.5, 0.6) is 0 Å². The van der Waals surface area contributed by atoms with Gasteiger partial charge in [-0.25, -0.2) is 14.2 Å². The van der Waals surface area contributed by atoms with E-state index in [1.54, 1.807) is 18.2 Å². The fourth-order valence-electron chi connectivity index (χ4n) is 2.12. The molecule has 0 bridgehead atoms. The number of carbonyl (C=O) groups is 2. The van der Waals surface area contributed by atoms with Crippen LogP contribution in [-0.2, 0) is 16.2 Å². The molecule has 3 amide bonds. The average molecular weight is 346 g/mol. The number of nitrogens with zero attached hydrogens (tertiary/aromatic N) is 2. The number of hydrogen-bond donors (Lipinski definition) is 2. The summed E-state index contributed by atoms with van der Waals surface area (Å²) in [6, 6.07) is 6.95. The maximum absolute atomic E-state index is 13.8. The van der Waals surface area contributed by atoms with E-state index in [4.69, 9.17) is 4.84 Å². The number of aromatic nitrogens is 1. The van der Waals surface area contributed by atoms with Crippen LogP contribution in [0.3, 0.4) is 0 Å². The van der Waals surface area contributed by atoms with Crippen LogP contribution in [-0.4, -0.2) is 29.1 Å². The Morgan fingerprint density at radius 1 is 1.20 bits per heavy atom. The molecule has 0 saturated carbocycles. The molecule has 0 atom stereocenters. The maximum atomic E-state index is 13.8.